The van der Waals surface area contributed by atoms with Crippen LogP contribution in [0.15, 0.2) is 95.5 Å². The molecular formula is C77H88N30O7. The first-order chi connectivity index (χ1) is 54.6. The lowest BCUT2D eigenvalue weighted by atomic mass is 10.1. The number of pyridine rings is 6. The van der Waals surface area contributed by atoms with Crippen LogP contribution < -0.4 is 62.8 Å². The van der Waals surface area contributed by atoms with Gasteiger partial charge in [-0.3, -0.25) is 59.4 Å². The number of nitriles is 6. The van der Waals surface area contributed by atoms with E-state index in [9.17, 15) is 28.8 Å². The second kappa shape index (κ2) is 35.4. The normalized spacial score (nSPS) is 12.4. The summed E-state index contributed by atoms with van der Waals surface area (Å²) in [7, 11) is 3.73. The van der Waals surface area contributed by atoms with Crippen LogP contribution >= 0.6 is 0 Å². The Bertz CT molecular complexity index is 6260. The second-order valence-corrected chi connectivity index (χ2v) is 27.5. The monoisotopic (exact) mass is 1540 g/mol. The van der Waals surface area contributed by atoms with E-state index in [1.165, 1.54) is 33.5 Å². The van der Waals surface area contributed by atoms with Gasteiger partial charge < -0.3 is 34.1 Å². The van der Waals surface area contributed by atoms with Crippen molar-refractivity contribution in [2.24, 2.45) is 0 Å². The smallest absolute Gasteiger partial charge is 0.289 e. The fourth-order valence-corrected chi connectivity index (χ4v) is 12.9. The molecule has 14 heterocycles. The van der Waals surface area contributed by atoms with Gasteiger partial charge in [0.15, 0.2) is 33.9 Å². The Morgan fingerprint density at radius 1 is 0.395 bits per heavy atom. The number of morpholine rings is 1. The van der Waals surface area contributed by atoms with Gasteiger partial charge in [0.25, 0.3) is 33.4 Å². The van der Waals surface area contributed by atoms with Gasteiger partial charge in [-0.15, -0.1) is 0 Å². The highest BCUT2D eigenvalue weighted by atomic mass is 16.5. The lowest BCUT2D eigenvalue weighted by Crippen LogP contribution is -2.38. The Morgan fingerprint density at radius 3 is 1.04 bits per heavy atom. The van der Waals surface area contributed by atoms with Crippen LogP contribution in [0.25, 0.3) is 33.9 Å². The molecule has 0 unspecified atom stereocenters. The van der Waals surface area contributed by atoms with Gasteiger partial charge in [-0.1, -0.05) is 18.2 Å². The molecule has 0 atom stereocenters. The van der Waals surface area contributed by atoms with E-state index in [2.05, 4.69) is 98.0 Å². The van der Waals surface area contributed by atoms with Gasteiger partial charge in [0.1, 0.15) is 69.8 Å². The van der Waals surface area contributed by atoms with E-state index in [4.69, 9.17) is 36.3 Å². The molecule has 2 fully saturated rings. The van der Waals surface area contributed by atoms with Gasteiger partial charge in [-0.25, -0.2) is 0 Å². The average Bonchev–Trinajstić information content (AvgIpc) is 1.67. The maximum Gasteiger partial charge on any atom is 0.289 e. The number of hydrogen-bond acceptors (Lipinski definition) is 25. The molecule has 588 valence electrons. The third-order valence-corrected chi connectivity index (χ3v) is 19.3. The van der Waals surface area contributed by atoms with Crippen LogP contribution in [-0.2, 0) is 4.74 Å². The molecule has 2 aliphatic heterocycles. The molecule has 15 rings (SSSR count). The highest BCUT2D eigenvalue weighted by Crippen LogP contribution is 2.23. The van der Waals surface area contributed by atoms with Crippen molar-refractivity contribution in [2.45, 2.75) is 121 Å². The molecule has 114 heavy (non-hydrogen) atoms. The van der Waals surface area contributed by atoms with Crippen molar-refractivity contribution in [2.75, 3.05) is 103 Å². The van der Waals surface area contributed by atoms with Crippen LogP contribution in [0.4, 0.5) is 41.4 Å². The van der Waals surface area contributed by atoms with Crippen molar-refractivity contribution in [3.05, 3.63) is 196 Å². The number of aryl methyl sites for hydroxylation is 6. The first kappa shape index (κ1) is 81.9. The Balaban J connectivity index is 0.000000145. The Hall–Kier alpha value is -14.6. The summed E-state index contributed by atoms with van der Waals surface area (Å²) in [4.78, 5) is 111. The Labute approximate surface area is 652 Å². The summed E-state index contributed by atoms with van der Waals surface area (Å²) in [6.45, 7) is 31.8. The SMILES string of the molecule is CCN(C)c1nc2cc(C)c(C#N)c(=O)n2[nH]1.CCN(CC)c1nc2cc(C)c(C#N)c(=O)n2[nH]1.Cc1cc2nc(N(C(C)C)C(C)C)[nH]n2c(=O)c1C#N.Cc1cc2nc(N(C)c3ccccc3)[nH]n2c(=O)c1C#N.Cc1cc2nc(N3CCCCC3)[nH]n2c(=O)c1C#N.Cc1cc2nc(N3CCOCC3)[nH]n2c(=O)c1C#N. The molecular weight excluding hydrogens is 1460 g/mol. The van der Waals surface area contributed by atoms with Crippen molar-refractivity contribution in [1.29, 1.82) is 31.6 Å². The van der Waals surface area contributed by atoms with E-state index in [0.29, 0.717) is 116 Å². The van der Waals surface area contributed by atoms with Crippen LogP contribution in [-0.4, -0.2) is 173 Å². The first-order valence-corrected chi connectivity index (χ1v) is 36.8. The molecule has 37 heteroatoms. The van der Waals surface area contributed by atoms with Gasteiger partial charge in [0, 0.05) is 77.7 Å². The summed E-state index contributed by atoms with van der Waals surface area (Å²) in [5.41, 5.74) is 6.83. The number of para-hydroxylation sites is 1. The van der Waals surface area contributed by atoms with Crippen molar-refractivity contribution in [1.82, 2.24) is 87.6 Å². The minimum absolute atomic E-state index is 0.130. The largest absolute Gasteiger partial charge is 0.378 e. The highest BCUT2D eigenvalue weighted by molar-refractivity contribution is 5.61. The van der Waals surface area contributed by atoms with Crippen LogP contribution in [0.1, 0.15) is 134 Å². The van der Waals surface area contributed by atoms with Crippen LogP contribution in [0.2, 0.25) is 0 Å². The predicted molar refractivity (Wildman–Crippen MR) is 430 cm³/mol. The van der Waals surface area contributed by atoms with Gasteiger partial charge >= 0.3 is 0 Å². The number of aromatic amines is 6. The second-order valence-electron chi connectivity index (χ2n) is 27.5. The number of H-pyrrole nitrogens is 6. The fourth-order valence-electron chi connectivity index (χ4n) is 12.9. The van der Waals surface area contributed by atoms with E-state index in [1.54, 1.807) is 77.9 Å². The molecule has 0 aliphatic carbocycles. The predicted octanol–water partition coefficient (Wildman–Crippen LogP) is 6.74. The molecule has 12 aromatic heterocycles. The summed E-state index contributed by atoms with van der Waals surface area (Å²) in [5, 5.41) is 71.7. The summed E-state index contributed by atoms with van der Waals surface area (Å²) < 4.78 is 13.2. The molecule has 0 saturated carbocycles. The number of benzene rings is 1. The topological polar surface area (TPSA) is 472 Å². The highest BCUT2D eigenvalue weighted by Gasteiger charge is 2.24. The lowest BCUT2D eigenvalue weighted by molar-refractivity contribution is 0.122. The average molecular weight is 1550 g/mol. The number of hydrogen-bond donors (Lipinski definition) is 6. The molecule has 1 aromatic carbocycles. The summed E-state index contributed by atoms with van der Waals surface area (Å²) in [6, 6.07) is 32.2. The van der Waals surface area contributed by atoms with Crippen molar-refractivity contribution in [3.8, 4) is 36.4 Å². The van der Waals surface area contributed by atoms with Crippen LogP contribution in [0, 0.1) is 110 Å². The van der Waals surface area contributed by atoms with E-state index >= 15 is 0 Å². The van der Waals surface area contributed by atoms with E-state index < -0.39 is 0 Å². The maximum atomic E-state index is 12.2. The summed E-state index contributed by atoms with van der Waals surface area (Å²) in [6.07, 6.45) is 3.54. The molecule has 0 radical (unpaired) electrons. The lowest BCUT2D eigenvalue weighted by Gasteiger charge is -2.29. The molecule has 0 spiro atoms. The molecule has 2 saturated heterocycles. The summed E-state index contributed by atoms with van der Waals surface area (Å²) in [5.74, 6) is 3.78. The third kappa shape index (κ3) is 16.9. The minimum atomic E-state index is -0.382. The number of rotatable bonds is 12. The number of aromatic nitrogens is 18. The van der Waals surface area contributed by atoms with E-state index in [-0.39, 0.29) is 78.8 Å². The summed E-state index contributed by atoms with van der Waals surface area (Å²) >= 11 is 0. The minimum Gasteiger partial charge on any atom is -0.378 e. The van der Waals surface area contributed by atoms with Crippen LogP contribution in [0.5, 0.6) is 0 Å². The quantitative estimate of drug-likeness (QED) is 0.0737. The van der Waals surface area contributed by atoms with E-state index in [1.807, 2.05) is 121 Å². The van der Waals surface area contributed by atoms with Gasteiger partial charge in [0.2, 0.25) is 35.7 Å². The Kier molecular flexibility index (Phi) is 25.5. The number of piperidine rings is 1. The van der Waals surface area contributed by atoms with Gasteiger partial charge in [0.05, 0.1) is 13.2 Å². The first-order valence-electron chi connectivity index (χ1n) is 36.8. The third-order valence-electron chi connectivity index (χ3n) is 19.3. The zero-order chi connectivity index (χ0) is 82.7. The molecule has 0 bridgehead atoms. The van der Waals surface area contributed by atoms with Crippen molar-refractivity contribution in [3.63, 3.8) is 0 Å². The van der Waals surface area contributed by atoms with E-state index in [0.717, 1.165) is 64.3 Å². The molecule has 37 nitrogen and oxygen atoms in total. The van der Waals surface area contributed by atoms with Gasteiger partial charge in [-0.2, -0.15) is 88.6 Å². The molecule has 0 amide bonds. The molecule has 6 N–H and O–H groups in total. The number of anilines is 7. The number of ether oxygens (including phenoxy) is 1. The fraction of sp³-hybridized carbons (Fsp3) is 0.377. The zero-order valence-corrected chi connectivity index (χ0v) is 66.1. The molecule has 2 aliphatic rings. The van der Waals surface area contributed by atoms with Crippen molar-refractivity contribution >= 4 is 75.3 Å². The zero-order valence-electron chi connectivity index (χ0n) is 66.1. The number of fused-ring (bicyclic) bond motifs is 6. The van der Waals surface area contributed by atoms with Gasteiger partial charge in [-0.05, 0) is 191 Å². The van der Waals surface area contributed by atoms with Crippen molar-refractivity contribution < 1.29 is 4.74 Å². The number of nitrogens with one attached hydrogen (secondary N) is 6. The molecule has 13 aromatic rings. The maximum absolute atomic E-state index is 12.2. The standard InChI is InChI=1S/C15H13N5O.C14H19N5O.C13H15N5O.C12H13N5O2.C12H15N5O.C11H13N5O/c1-10-8-13-17-15(18-20(13)14(21)12(10)9-16)19(2)11-6-4-3-5-7-11;1-8(2)18(9(3)4)14-16-12-6-10(5)11(7-15)13(20)19(12)17-14;1-9-7-11-15-13(17-5-3-2-4-6-17)16-18(11)12(19)10(9)8-14;1-8-6-10-14-12(16-2-4-19-5-3-16)15-17(10)11(18)9(8)7-13;1-4-16(5-2)12-14-10-6-8(3)9(7-13)11(18)17(10)15-12;1-4-15(3)11-13-9-5-7(2)8(6-12)10(17)16(9)14-11/h3-8H,1-2H3,(H,17,18);6,8-9H,1-5H3,(H,16,17);7H,2-6H2,1H3,(H,15,16);6H,2-5H2,1H3,(H,14,15);6H,4-5H2,1-3H3,(H,14,15);5H,4H2,1-3H3,(H,13,14). The Morgan fingerprint density at radius 2 is 0.693 bits per heavy atom. The van der Waals surface area contributed by atoms with Crippen LogP contribution in [0.3, 0.4) is 0 Å². The number of nitrogens with zero attached hydrogens (tertiary/aromatic N) is 24.